The number of amides is 1. The summed E-state index contributed by atoms with van der Waals surface area (Å²) in [6.07, 6.45) is -3.75. The molecule has 0 fully saturated rings. The normalized spacial score (nSPS) is 11.6. The highest BCUT2D eigenvalue weighted by molar-refractivity contribution is 5.85. The SMILES string of the molecule is O=C(O)C=Cc1cccc(CNC(=O)CCC(F)(F)F)c1. The molecule has 7 heteroatoms. The Hall–Kier alpha value is -2.31. The summed E-state index contributed by atoms with van der Waals surface area (Å²) in [4.78, 5) is 21.6. The lowest BCUT2D eigenvalue weighted by atomic mass is 10.1. The molecule has 0 aliphatic rings. The van der Waals surface area contributed by atoms with Gasteiger partial charge in [0.05, 0.1) is 6.42 Å². The molecule has 0 saturated heterocycles. The topological polar surface area (TPSA) is 66.4 Å². The van der Waals surface area contributed by atoms with Crippen LogP contribution in [0.1, 0.15) is 24.0 Å². The number of hydrogen-bond donors (Lipinski definition) is 2. The second-order valence-electron chi connectivity index (χ2n) is 4.31. The third kappa shape index (κ3) is 7.76. The summed E-state index contributed by atoms with van der Waals surface area (Å²) in [6, 6.07) is 6.67. The van der Waals surface area contributed by atoms with Crippen LogP contribution in [0.5, 0.6) is 0 Å². The van der Waals surface area contributed by atoms with Crippen molar-refractivity contribution in [3.63, 3.8) is 0 Å². The Labute approximate surface area is 119 Å². The van der Waals surface area contributed by atoms with Crippen molar-refractivity contribution in [1.29, 1.82) is 0 Å². The van der Waals surface area contributed by atoms with Crippen molar-refractivity contribution in [2.75, 3.05) is 0 Å². The van der Waals surface area contributed by atoms with Crippen LogP contribution in [-0.4, -0.2) is 23.2 Å². The van der Waals surface area contributed by atoms with E-state index < -0.39 is 30.9 Å². The number of carbonyl (C=O) groups is 2. The van der Waals surface area contributed by atoms with Crippen molar-refractivity contribution in [2.45, 2.75) is 25.6 Å². The highest BCUT2D eigenvalue weighted by Crippen LogP contribution is 2.21. The first-order valence-electron chi connectivity index (χ1n) is 6.10. The first-order chi connectivity index (χ1) is 9.76. The zero-order valence-electron chi connectivity index (χ0n) is 11.0. The molecule has 0 spiro atoms. The van der Waals surface area contributed by atoms with E-state index in [0.29, 0.717) is 11.1 Å². The van der Waals surface area contributed by atoms with Gasteiger partial charge in [0, 0.05) is 19.0 Å². The number of carboxylic acids is 1. The van der Waals surface area contributed by atoms with E-state index in [9.17, 15) is 22.8 Å². The number of carbonyl (C=O) groups excluding carboxylic acids is 1. The van der Waals surface area contributed by atoms with E-state index in [1.54, 1.807) is 24.3 Å². The van der Waals surface area contributed by atoms with Gasteiger partial charge in [-0.3, -0.25) is 4.79 Å². The fourth-order valence-electron chi connectivity index (χ4n) is 1.52. The molecule has 1 rings (SSSR count). The Morgan fingerprint density at radius 3 is 2.62 bits per heavy atom. The standard InChI is InChI=1S/C14H14F3NO3/c15-14(16,17)7-6-12(19)18-9-11-3-1-2-10(8-11)4-5-13(20)21/h1-5,8H,6-7,9H2,(H,18,19)(H,20,21). The van der Waals surface area contributed by atoms with Crippen LogP contribution in [0.15, 0.2) is 30.3 Å². The molecular formula is C14H14F3NO3. The van der Waals surface area contributed by atoms with E-state index in [0.717, 1.165) is 6.08 Å². The monoisotopic (exact) mass is 301 g/mol. The molecule has 0 aliphatic heterocycles. The fraction of sp³-hybridized carbons (Fsp3) is 0.286. The third-order valence-corrected chi connectivity index (χ3v) is 2.49. The minimum Gasteiger partial charge on any atom is -0.478 e. The molecule has 0 atom stereocenters. The first-order valence-corrected chi connectivity index (χ1v) is 6.10. The van der Waals surface area contributed by atoms with Gasteiger partial charge in [0.15, 0.2) is 0 Å². The van der Waals surface area contributed by atoms with Crippen LogP contribution in [0.3, 0.4) is 0 Å². The maximum Gasteiger partial charge on any atom is 0.389 e. The van der Waals surface area contributed by atoms with Crippen LogP contribution in [0.25, 0.3) is 6.08 Å². The molecule has 0 aliphatic carbocycles. The highest BCUT2D eigenvalue weighted by Gasteiger charge is 2.27. The van der Waals surface area contributed by atoms with Crippen LogP contribution >= 0.6 is 0 Å². The molecular weight excluding hydrogens is 287 g/mol. The van der Waals surface area contributed by atoms with Crippen molar-refractivity contribution < 1.29 is 27.9 Å². The first kappa shape index (κ1) is 16.7. The van der Waals surface area contributed by atoms with Crippen LogP contribution in [0.2, 0.25) is 0 Å². The number of carboxylic acid groups (broad SMARTS) is 1. The van der Waals surface area contributed by atoms with E-state index in [1.807, 2.05) is 0 Å². The summed E-state index contributed by atoms with van der Waals surface area (Å²) in [5.41, 5.74) is 1.29. The summed E-state index contributed by atoms with van der Waals surface area (Å²) in [5, 5.41) is 10.9. The third-order valence-electron chi connectivity index (χ3n) is 2.49. The smallest absolute Gasteiger partial charge is 0.389 e. The molecule has 0 saturated carbocycles. The van der Waals surface area contributed by atoms with Gasteiger partial charge in [0.25, 0.3) is 0 Å². The molecule has 0 radical (unpaired) electrons. The van der Waals surface area contributed by atoms with Crippen molar-refractivity contribution >= 4 is 18.0 Å². The van der Waals surface area contributed by atoms with E-state index in [-0.39, 0.29) is 6.54 Å². The van der Waals surface area contributed by atoms with Crippen LogP contribution in [0, 0.1) is 0 Å². The Balaban J connectivity index is 2.50. The lowest BCUT2D eigenvalue weighted by Gasteiger charge is -2.08. The summed E-state index contributed by atoms with van der Waals surface area (Å²) in [6.45, 7) is 0.0887. The maximum absolute atomic E-state index is 11.9. The largest absolute Gasteiger partial charge is 0.478 e. The van der Waals surface area contributed by atoms with Gasteiger partial charge < -0.3 is 10.4 Å². The molecule has 1 aromatic rings. The maximum atomic E-state index is 11.9. The lowest BCUT2D eigenvalue weighted by Crippen LogP contribution is -2.24. The van der Waals surface area contributed by atoms with Gasteiger partial charge in [0.2, 0.25) is 5.91 Å². The zero-order valence-corrected chi connectivity index (χ0v) is 11.0. The highest BCUT2D eigenvalue weighted by atomic mass is 19.4. The summed E-state index contributed by atoms with van der Waals surface area (Å²) in [7, 11) is 0. The van der Waals surface area contributed by atoms with Gasteiger partial charge in [0.1, 0.15) is 0 Å². The molecule has 2 N–H and O–H groups in total. The Morgan fingerprint density at radius 1 is 1.29 bits per heavy atom. The Kier molecular flexibility index (Phi) is 5.95. The quantitative estimate of drug-likeness (QED) is 0.794. The predicted octanol–water partition coefficient (Wildman–Crippen LogP) is 2.74. The molecule has 0 bridgehead atoms. The minimum absolute atomic E-state index is 0.0887. The Bertz CT molecular complexity index is 539. The van der Waals surface area contributed by atoms with Gasteiger partial charge in [-0.2, -0.15) is 13.2 Å². The van der Waals surface area contributed by atoms with Gasteiger partial charge in [-0.05, 0) is 23.3 Å². The molecule has 0 heterocycles. The predicted molar refractivity (Wildman–Crippen MR) is 70.2 cm³/mol. The number of hydrogen-bond acceptors (Lipinski definition) is 2. The number of nitrogens with one attached hydrogen (secondary N) is 1. The molecule has 1 amide bonds. The average molecular weight is 301 g/mol. The average Bonchev–Trinajstić information content (AvgIpc) is 2.40. The van der Waals surface area contributed by atoms with Gasteiger partial charge in [-0.25, -0.2) is 4.79 Å². The summed E-state index contributed by atoms with van der Waals surface area (Å²) >= 11 is 0. The van der Waals surface area contributed by atoms with E-state index >= 15 is 0 Å². The van der Waals surface area contributed by atoms with E-state index in [2.05, 4.69) is 5.32 Å². The molecule has 0 unspecified atom stereocenters. The van der Waals surface area contributed by atoms with Gasteiger partial charge >= 0.3 is 12.1 Å². The molecule has 4 nitrogen and oxygen atoms in total. The Morgan fingerprint density at radius 2 is 2.00 bits per heavy atom. The number of aliphatic carboxylic acids is 1. The van der Waals surface area contributed by atoms with Crippen LogP contribution in [0.4, 0.5) is 13.2 Å². The van der Waals surface area contributed by atoms with E-state index in [4.69, 9.17) is 5.11 Å². The van der Waals surface area contributed by atoms with Crippen molar-refractivity contribution in [3.05, 3.63) is 41.5 Å². The number of halogens is 3. The van der Waals surface area contributed by atoms with Crippen molar-refractivity contribution in [1.82, 2.24) is 5.32 Å². The lowest BCUT2D eigenvalue weighted by molar-refractivity contribution is -0.144. The van der Waals surface area contributed by atoms with Crippen molar-refractivity contribution in [2.24, 2.45) is 0 Å². The fourth-order valence-corrected chi connectivity index (χ4v) is 1.52. The minimum atomic E-state index is -4.35. The second-order valence-corrected chi connectivity index (χ2v) is 4.31. The molecule has 1 aromatic carbocycles. The number of alkyl halides is 3. The number of benzene rings is 1. The molecule has 114 valence electrons. The molecule has 0 aromatic heterocycles. The van der Waals surface area contributed by atoms with Crippen LogP contribution in [-0.2, 0) is 16.1 Å². The van der Waals surface area contributed by atoms with Crippen LogP contribution < -0.4 is 5.32 Å². The molecule has 21 heavy (non-hydrogen) atoms. The van der Waals surface area contributed by atoms with Crippen molar-refractivity contribution in [3.8, 4) is 0 Å². The summed E-state index contributed by atoms with van der Waals surface area (Å²) in [5.74, 6) is -1.76. The van der Waals surface area contributed by atoms with Gasteiger partial charge in [-0.15, -0.1) is 0 Å². The van der Waals surface area contributed by atoms with Gasteiger partial charge in [-0.1, -0.05) is 18.2 Å². The van der Waals surface area contributed by atoms with E-state index in [1.165, 1.54) is 6.08 Å². The zero-order chi connectivity index (χ0) is 15.9. The second kappa shape index (κ2) is 7.47. The summed E-state index contributed by atoms with van der Waals surface area (Å²) < 4.78 is 35.8. The number of rotatable bonds is 6.